The van der Waals surface area contributed by atoms with Gasteiger partial charge in [0.1, 0.15) is 39.3 Å². The number of benzene rings is 2. The van der Waals surface area contributed by atoms with Gasteiger partial charge in [-0.15, -0.1) is 11.3 Å². The normalized spacial score (nSPS) is 11.1. The first-order chi connectivity index (χ1) is 19.3. The minimum atomic E-state index is -2.84. The first kappa shape index (κ1) is 26.8. The maximum Gasteiger partial charge on any atom is 0.291 e. The molecule has 0 radical (unpaired) electrons. The van der Waals surface area contributed by atoms with Crippen LogP contribution in [0.5, 0.6) is 11.5 Å². The molecule has 3 aromatic heterocycles. The number of pyridine rings is 1. The number of primary amides is 1. The van der Waals surface area contributed by atoms with E-state index in [4.69, 9.17) is 19.6 Å². The third kappa shape index (κ3) is 5.64. The third-order valence-electron chi connectivity index (χ3n) is 5.85. The lowest BCUT2D eigenvalue weighted by Gasteiger charge is -2.10. The summed E-state index contributed by atoms with van der Waals surface area (Å²) in [5.74, 6) is 0.159. The van der Waals surface area contributed by atoms with Crippen molar-refractivity contribution in [3.8, 4) is 22.6 Å². The topological polar surface area (TPSA) is 117 Å². The maximum atomic E-state index is 13.7. The fourth-order valence-electron chi connectivity index (χ4n) is 4.07. The minimum absolute atomic E-state index is 0.0231. The fourth-order valence-corrected chi connectivity index (χ4v) is 5.09. The Balaban J connectivity index is 1.43. The van der Waals surface area contributed by atoms with Crippen LogP contribution in [0.2, 0.25) is 0 Å². The number of alkyl halides is 2. The van der Waals surface area contributed by atoms with Crippen LogP contribution in [0.25, 0.3) is 21.3 Å². The van der Waals surface area contributed by atoms with Crippen molar-refractivity contribution in [2.75, 3.05) is 11.9 Å². The van der Waals surface area contributed by atoms with Gasteiger partial charge in [-0.3, -0.25) is 9.59 Å². The zero-order chi connectivity index (χ0) is 28.2. The molecule has 0 unspecified atom stereocenters. The van der Waals surface area contributed by atoms with Crippen molar-refractivity contribution in [3.63, 3.8) is 0 Å². The molecule has 0 aliphatic carbocycles. The number of thiophene rings is 1. The van der Waals surface area contributed by atoms with Gasteiger partial charge in [-0.1, -0.05) is 30.3 Å². The number of aromatic nitrogens is 1. The summed E-state index contributed by atoms with van der Waals surface area (Å²) >= 11 is 0.831. The van der Waals surface area contributed by atoms with Gasteiger partial charge in [0, 0.05) is 5.39 Å². The number of rotatable bonds is 10. The highest BCUT2D eigenvalue weighted by Crippen LogP contribution is 2.42. The second-order valence-electron chi connectivity index (χ2n) is 8.53. The Morgan fingerprint density at radius 3 is 2.38 bits per heavy atom. The molecular formula is C29H23F2N3O5S. The molecule has 11 heteroatoms. The van der Waals surface area contributed by atoms with Gasteiger partial charge in [-0.25, -0.2) is 13.8 Å². The highest BCUT2D eigenvalue weighted by atomic mass is 32.1. The Morgan fingerprint density at radius 1 is 1.02 bits per heavy atom. The van der Waals surface area contributed by atoms with Crippen molar-refractivity contribution < 1.29 is 32.3 Å². The molecule has 0 atom stereocenters. The summed E-state index contributed by atoms with van der Waals surface area (Å²) in [6.45, 7) is 2.51. The van der Waals surface area contributed by atoms with Crippen molar-refractivity contribution in [2.24, 2.45) is 5.73 Å². The van der Waals surface area contributed by atoms with Crippen LogP contribution in [-0.2, 0) is 6.61 Å². The zero-order valence-electron chi connectivity index (χ0n) is 21.1. The highest BCUT2D eigenvalue weighted by Gasteiger charge is 2.26. The van der Waals surface area contributed by atoms with E-state index in [9.17, 15) is 18.4 Å². The van der Waals surface area contributed by atoms with Crippen molar-refractivity contribution in [1.29, 1.82) is 0 Å². The van der Waals surface area contributed by atoms with Crippen LogP contribution < -0.4 is 20.5 Å². The van der Waals surface area contributed by atoms with Crippen LogP contribution in [-0.4, -0.2) is 23.4 Å². The van der Waals surface area contributed by atoms with Gasteiger partial charge in [0.25, 0.3) is 18.2 Å². The maximum absolute atomic E-state index is 13.7. The Hall–Kier alpha value is -4.77. The Morgan fingerprint density at radius 2 is 1.73 bits per heavy atom. The molecule has 0 saturated heterocycles. The van der Waals surface area contributed by atoms with Crippen LogP contribution in [0.1, 0.15) is 45.0 Å². The summed E-state index contributed by atoms with van der Waals surface area (Å²) in [6.07, 6.45) is -2.84. The van der Waals surface area contributed by atoms with Crippen LogP contribution >= 0.6 is 11.3 Å². The molecule has 0 aliphatic rings. The monoisotopic (exact) mass is 563 g/mol. The Kier molecular flexibility index (Phi) is 7.74. The summed E-state index contributed by atoms with van der Waals surface area (Å²) in [4.78, 5) is 29.7. The molecule has 40 heavy (non-hydrogen) atoms. The summed E-state index contributed by atoms with van der Waals surface area (Å²) in [6, 6.07) is 20.2. The molecule has 2 amide bonds. The minimum Gasteiger partial charge on any atom is -0.494 e. The molecule has 2 aromatic carbocycles. The van der Waals surface area contributed by atoms with E-state index in [1.165, 1.54) is 12.1 Å². The van der Waals surface area contributed by atoms with Gasteiger partial charge in [-0.05, 0) is 60.5 Å². The summed E-state index contributed by atoms with van der Waals surface area (Å²) in [7, 11) is 0. The lowest BCUT2D eigenvalue weighted by Crippen LogP contribution is -2.16. The zero-order valence-corrected chi connectivity index (χ0v) is 22.0. The predicted molar refractivity (Wildman–Crippen MR) is 147 cm³/mol. The standard InChI is InChI=1S/C29H23F2N3O5S/c1-2-37-17-8-10-18(11-9-17)38-15-19-12-13-22(39-19)28(36)34-24-23-20(16-6-4-3-5-7-16)14-21(26(30)31)33-29(23)40-25(24)27(32)35/h3-14,26H,2,15H2,1H3,(H2,32,35)(H,34,36). The molecule has 3 heterocycles. The molecule has 0 spiro atoms. The van der Waals surface area contributed by atoms with Crippen molar-refractivity contribution in [1.82, 2.24) is 4.98 Å². The molecular weight excluding hydrogens is 540 g/mol. The largest absolute Gasteiger partial charge is 0.494 e. The average molecular weight is 564 g/mol. The van der Waals surface area contributed by atoms with Crippen LogP contribution in [0.15, 0.2) is 77.2 Å². The Bertz CT molecular complexity index is 1670. The number of hydrogen-bond donors (Lipinski definition) is 2. The number of nitrogens with zero attached hydrogens (tertiary/aromatic N) is 1. The molecule has 0 aliphatic heterocycles. The average Bonchev–Trinajstić information content (AvgIpc) is 3.58. The van der Waals surface area contributed by atoms with E-state index in [-0.39, 0.29) is 27.8 Å². The van der Waals surface area contributed by atoms with E-state index >= 15 is 0 Å². The summed E-state index contributed by atoms with van der Waals surface area (Å²) < 4.78 is 44.1. The SMILES string of the molecule is CCOc1ccc(OCc2ccc(C(=O)Nc3c(C(N)=O)sc4nc(C(F)F)cc(-c5ccccc5)c34)o2)cc1. The number of fused-ring (bicyclic) bond motifs is 1. The number of amides is 2. The summed E-state index contributed by atoms with van der Waals surface area (Å²) in [5.41, 5.74) is 6.21. The van der Waals surface area contributed by atoms with Gasteiger partial charge >= 0.3 is 0 Å². The molecule has 0 fully saturated rings. The number of carbonyl (C=O) groups is 2. The number of hydrogen-bond acceptors (Lipinski definition) is 7. The van der Waals surface area contributed by atoms with Crippen molar-refractivity contribution in [2.45, 2.75) is 20.0 Å². The van der Waals surface area contributed by atoms with Crippen LogP contribution in [0, 0.1) is 0 Å². The highest BCUT2D eigenvalue weighted by molar-refractivity contribution is 7.21. The summed E-state index contributed by atoms with van der Waals surface area (Å²) in [5, 5.41) is 3.02. The smallest absolute Gasteiger partial charge is 0.291 e. The van der Waals surface area contributed by atoms with Gasteiger partial charge in [0.05, 0.1) is 12.3 Å². The lowest BCUT2D eigenvalue weighted by atomic mass is 10.0. The molecule has 0 bridgehead atoms. The quantitative estimate of drug-likeness (QED) is 0.193. The van der Waals surface area contributed by atoms with Crippen molar-refractivity contribution in [3.05, 3.63) is 94.9 Å². The second kappa shape index (κ2) is 11.5. The van der Waals surface area contributed by atoms with E-state index in [2.05, 4.69) is 10.3 Å². The number of carbonyl (C=O) groups excluding carboxylic acids is 2. The molecule has 3 N–H and O–H groups in total. The van der Waals surface area contributed by atoms with Crippen LogP contribution in [0.3, 0.4) is 0 Å². The molecule has 5 aromatic rings. The second-order valence-corrected chi connectivity index (χ2v) is 9.52. The number of nitrogens with two attached hydrogens (primary N) is 1. The molecule has 8 nitrogen and oxygen atoms in total. The number of halogens is 2. The Labute approximate surface area is 231 Å². The molecule has 0 saturated carbocycles. The van der Waals surface area contributed by atoms with E-state index in [0.717, 1.165) is 17.1 Å². The number of ether oxygens (including phenoxy) is 2. The first-order valence-corrected chi connectivity index (χ1v) is 13.0. The van der Waals surface area contributed by atoms with Gasteiger partial charge in [0.2, 0.25) is 0 Å². The fraction of sp³-hybridized carbons (Fsp3) is 0.138. The van der Waals surface area contributed by atoms with Crippen molar-refractivity contribution >= 4 is 39.1 Å². The van der Waals surface area contributed by atoms with E-state index in [0.29, 0.717) is 34.6 Å². The van der Waals surface area contributed by atoms with Crippen LogP contribution in [0.4, 0.5) is 14.5 Å². The van der Waals surface area contributed by atoms with Gasteiger partial charge < -0.3 is 24.9 Å². The third-order valence-corrected chi connectivity index (χ3v) is 6.95. The van der Waals surface area contributed by atoms with E-state index in [1.807, 2.05) is 6.92 Å². The lowest BCUT2D eigenvalue weighted by molar-refractivity contribution is 0.0992. The molecule has 5 rings (SSSR count). The van der Waals surface area contributed by atoms with E-state index in [1.54, 1.807) is 60.7 Å². The number of nitrogens with one attached hydrogen (secondary N) is 1. The first-order valence-electron chi connectivity index (χ1n) is 12.2. The number of furan rings is 1. The molecule has 204 valence electrons. The predicted octanol–water partition coefficient (Wildman–Crippen LogP) is 6.82. The van der Waals surface area contributed by atoms with Gasteiger partial charge in [-0.2, -0.15) is 0 Å². The number of anilines is 1. The van der Waals surface area contributed by atoms with E-state index < -0.39 is 23.9 Å². The van der Waals surface area contributed by atoms with Gasteiger partial charge in [0.15, 0.2) is 5.76 Å².